The zero-order valence-corrected chi connectivity index (χ0v) is 14.3. The monoisotopic (exact) mass is 338 g/mol. The minimum absolute atomic E-state index is 0.0356. The maximum atomic E-state index is 13.1. The third-order valence-electron chi connectivity index (χ3n) is 4.00. The molecule has 0 saturated carbocycles. The molecule has 0 amide bonds. The zero-order chi connectivity index (χ0) is 17.1. The van der Waals surface area contributed by atoms with E-state index in [9.17, 15) is 4.79 Å². The van der Waals surface area contributed by atoms with E-state index in [0.717, 1.165) is 11.3 Å². The van der Waals surface area contributed by atoms with E-state index in [4.69, 9.17) is 17.0 Å². The molecule has 3 rings (SSSR count). The number of methoxy groups -OCH3 is 1. The molecule has 1 aliphatic rings. The Morgan fingerprint density at radius 2 is 1.75 bits per heavy atom. The third-order valence-corrected chi connectivity index (χ3v) is 4.22. The molecule has 1 atom stereocenters. The maximum Gasteiger partial charge on any atom is 0.193 e. The molecule has 2 aromatic rings. The van der Waals surface area contributed by atoms with Crippen LogP contribution in [0.5, 0.6) is 5.75 Å². The van der Waals surface area contributed by atoms with Crippen LogP contribution >= 0.6 is 12.2 Å². The summed E-state index contributed by atoms with van der Waals surface area (Å²) in [4.78, 5) is 13.1. The van der Waals surface area contributed by atoms with Crippen molar-refractivity contribution < 1.29 is 9.53 Å². The SMILES string of the molecule is COc1ccccc1[C@H]1NC(=S)NC(C)=C1C(=O)c1ccccc1. The molecular weight excluding hydrogens is 320 g/mol. The summed E-state index contributed by atoms with van der Waals surface area (Å²) < 4.78 is 5.47. The van der Waals surface area contributed by atoms with Gasteiger partial charge in [-0.15, -0.1) is 0 Å². The number of hydrogen-bond acceptors (Lipinski definition) is 3. The molecule has 1 aliphatic heterocycles. The van der Waals surface area contributed by atoms with Crippen molar-refractivity contribution in [2.24, 2.45) is 0 Å². The van der Waals surface area contributed by atoms with E-state index in [1.165, 1.54) is 0 Å². The normalized spacial score (nSPS) is 17.1. The van der Waals surface area contributed by atoms with E-state index in [0.29, 0.717) is 22.0 Å². The number of allylic oxidation sites excluding steroid dienone is 1. The Morgan fingerprint density at radius 1 is 1.08 bits per heavy atom. The summed E-state index contributed by atoms with van der Waals surface area (Å²) in [5, 5.41) is 6.75. The van der Waals surface area contributed by atoms with Crippen molar-refractivity contribution in [3.8, 4) is 5.75 Å². The van der Waals surface area contributed by atoms with Gasteiger partial charge in [-0.3, -0.25) is 4.79 Å². The minimum Gasteiger partial charge on any atom is -0.496 e. The highest BCUT2D eigenvalue weighted by molar-refractivity contribution is 7.80. The van der Waals surface area contributed by atoms with Gasteiger partial charge in [0.05, 0.1) is 13.2 Å². The third kappa shape index (κ3) is 3.03. The van der Waals surface area contributed by atoms with Gasteiger partial charge in [-0.05, 0) is 25.2 Å². The number of carbonyl (C=O) groups is 1. The molecule has 1 heterocycles. The van der Waals surface area contributed by atoms with Gasteiger partial charge in [-0.2, -0.15) is 0 Å². The van der Waals surface area contributed by atoms with Crippen LogP contribution in [0.25, 0.3) is 0 Å². The molecule has 0 bridgehead atoms. The molecule has 0 aromatic heterocycles. The molecule has 4 nitrogen and oxygen atoms in total. The average Bonchev–Trinajstić information content (AvgIpc) is 2.61. The van der Waals surface area contributed by atoms with Crippen LogP contribution in [0.3, 0.4) is 0 Å². The lowest BCUT2D eigenvalue weighted by Crippen LogP contribution is -2.45. The van der Waals surface area contributed by atoms with Gasteiger partial charge in [0.15, 0.2) is 10.9 Å². The molecule has 0 unspecified atom stereocenters. The van der Waals surface area contributed by atoms with Crippen molar-refractivity contribution in [3.63, 3.8) is 0 Å². The number of ketones is 1. The van der Waals surface area contributed by atoms with E-state index in [-0.39, 0.29) is 11.8 Å². The van der Waals surface area contributed by atoms with Crippen molar-refractivity contribution in [2.75, 3.05) is 7.11 Å². The minimum atomic E-state index is -0.359. The lowest BCUT2D eigenvalue weighted by Gasteiger charge is -2.31. The van der Waals surface area contributed by atoms with Crippen molar-refractivity contribution in [3.05, 3.63) is 77.0 Å². The first-order valence-corrected chi connectivity index (χ1v) is 8.03. The average molecular weight is 338 g/mol. The Morgan fingerprint density at radius 3 is 2.46 bits per heavy atom. The van der Waals surface area contributed by atoms with Crippen molar-refractivity contribution >= 4 is 23.1 Å². The Hall–Kier alpha value is -2.66. The Balaban J connectivity index is 2.11. The van der Waals surface area contributed by atoms with E-state index < -0.39 is 0 Å². The number of hydrogen-bond donors (Lipinski definition) is 2. The number of ether oxygens (including phenoxy) is 1. The van der Waals surface area contributed by atoms with Crippen LogP contribution in [0.1, 0.15) is 28.9 Å². The second-order valence-corrected chi connectivity index (χ2v) is 5.92. The Labute approximate surface area is 146 Å². The molecule has 0 aliphatic carbocycles. The predicted molar refractivity (Wildman–Crippen MR) is 98.1 cm³/mol. The molecule has 2 aromatic carbocycles. The highest BCUT2D eigenvalue weighted by Crippen LogP contribution is 2.34. The summed E-state index contributed by atoms with van der Waals surface area (Å²) in [7, 11) is 1.62. The molecule has 24 heavy (non-hydrogen) atoms. The van der Waals surface area contributed by atoms with Crippen LogP contribution < -0.4 is 15.4 Å². The van der Waals surface area contributed by atoms with Crippen molar-refractivity contribution in [2.45, 2.75) is 13.0 Å². The van der Waals surface area contributed by atoms with Crippen LogP contribution in [0.15, 0.2) is 65.9 Å². The molecule has 0 radical (unpaired) electrons. The molecule has 0 saturated heterocycles. The highest BCUT2D eigenvalue weighted by atomic mass is 32.1. The number of benzene rings is 2. The molecular formula is C19H18N2O2S. The molecule has 0 fully saturated rings. The topological polar surface area (TPSA) is 50.4 Å². The number of thiocarbonyl (C=S) groups is 1. The van der Waals surface area contributed by atoms with Gasteiger partial charge in [0.1, 0.15) is 5.75 Å². The second kappa shape index (κ2) is 6.84. The summed E-state index contributed by atoms with van der Waals surface area (Å²) in [5.74, 6) is 0.678. The van der Waals surface area contributed by atoms with Gasteiger partial charge in [-0.1, -0.05) is 48.5 Å². The predicted octanol–water partition coefficient (Wildman–Crippen LogP) is 3.37. The molecule has 2 N–H and O–H groups in total. The zero-order valence-electron chi connectivity index (χ0n) is 13.5. The second-order valence-electron chi connectivity index (χ2n) is 5.51. The summed E-state index contributed by atoms with van der Waals surface area (Å²) in [6, 6.07) is 16.5. The summed E-state index contributed by atoms with van der Waals surface area (Å²) in [6.07, 6.45) is 0. The Bertz CT molecular complexity index is 815. The smallest absolute Gasteiger partial charge is 0.193 e. The van der Waals surface area contributed by atoms with E-state index >= 15 is 0 Å². The van der Waals surface area contributed by atoms with Crippen LogP contribution in [0, 0.1) is 0 Å². The lowest BCUT2D eigenvalue weighted by molar-refractivity contribution is 0.102. The largest absolute Gasteiger partial charge is 0.496 e. The maximum absolute atomic E-state index is 13.1. The van der Waals surface area contributed by atoms with Crippen LogP contribution in [-0.4, -0.2) is 18.0 Å². The van der Waals surface area contributed by atoms with Gasteiger partial charge in [-0.25, -0.2) is 0 Å². The quantitative estimate of drug-likeness (QED) is 0.661. The van der Waals surface area contributed by atoms with Gasteiger partial charge in [0.2, 0.25) is 0 Å². The molecule has 122 valence electrons. The van der Waals surface area contributed by atoms with Gasteiger partial charge in [0.25, 0.3) is 0 Å². The van der Waals surface area contributed by atoms with E-state index in [2.05, 4.69) is 10.6 Å². The fourth-order valence-corrected chi connectivity index (χ4v) is 3.15. The lowest BCUT2D eigenvalue weighted by atomic mass is 9.89. The first-order chi connectivity index (χ1) is 11.6. The first kappa shape index (κ1) is 16.2. The van der Waals surface area contributed by atoms with Crippen molar-refractivity contribution in [1.82, 2.24) is 10.6 Å². The van der Waals surface area contributed by atoms with Gasteiger partial charge >= 0.3 is 0 Å². The van der Waals surface area contributed by atoms with E-state index in [1.807, 2.05) is 61.5 Å². The van der Waals surface area contributed by atoms with Gasteiger partial charge in [0, 0.05) is 22.4 Å². The van der Waals surface area contributed by atoms with Crippen LogP contribution in [0.4, 0.5) is 0 Å². The van der Waals surface area contributed by atoms with Crippen LogP contribution in [0.2, 0.25) is 0 Å². The van der Waals surface area contributed by atoms with Gasteiger partial charge < -0.3 is 15.4 Å². The van der Waals surface area contributed by atoms with E-state index in [1.54, 1.807) is 7.11 Å². The number of Topliss-reactive ketones (excluding diaryl/α,β-unsaturated/α-hetero) is 1. The summed E-state index contributed by atoms with van der Waals surface area (Å²) >= 11 is 5.29. The summed E-state index contributed by atoms with van der Waals surface area (Å²) in [6.45, 7) is 1.87. The Kier molecular flexibility index (Phi) is 4.62. The van der Waals surface area contributed by atoms with Crippen LogP contribution in [-0.2, 0) is 0 Å². The molecule has 5 heteroatoms. The number of carbonyl (C=O) groups excluding carboxylic acids is 1. The number of para-hydroxylation sites is 1. The molecule has 0 spiro atoms. The van der Waals surface area contributed by atoms with Crippen molar-refractivity contribution in [1.29, 1.82) is 0 Å². The standard InChI is InChI=1S/C19H18N2O2S/c1-12-16(18(22)13-8-4-3-5-9-13)17(21-19(24)20-12)14-10-6-7-11-15(14)23-2/h3-11,17H,1-2H3,(H2,20,21,24)/t17-/m1/s1. The fourth-order valence-electron chi connectivity index (χ4n) is 2.88. The fraction of sp³-hybridized carbons (Fsp3) is 0.158. The number of rotatable bonds is 4. The first-order valence-electron chi connectivity index (χ1n) is 7.62. The summed E-state index contributed by atoms with van der Waals surface area (Å²) in [5.41, 5.74) is 2.91. The highest BCUT2D eigenvalue weighted by Gasteiger charge is 2.31. The number of nitrogens with one attached hydrogen (secondary N) is 2.